The Labute approximate surface area is 110 Å². The molecule has 0 bridgehead atoms. The van der Waals surface area contributed by atoms with Crippen LogP contribution >= 0.6 is 0 Å². The van der Waals surface area contributed by atoms with E-state index in [1.807, 2.05) is 0 Å². The fraction of sp³-hybridized carbons (Fsp3) is 0.500. The number of imidazole rings is 1. The summed E-state index contributed by atoms with van der Waals surface area (Å²) in [5, 5.41) is 0. The molecule has 2 heterocycles. The lowest BCUT2D eigenvalue weighted by Gasteiger charge is -2.21. The average molecular weight is 266 g/mol. The van der Waals surface area contributed by atoms with Crippen LogP contribution in [0.1, 0.15) is 31.5 Å². The summed E-state index contributed by atoms with van der Waals surface area (Å²) in [7, 11) is 0. The van der Waals surface area contributed by atoms with Crippen LogP contribution in [-0.4, -0.2) is 22.7 Å². The number of benzene rings is 1. The molecule has 0 spiro atoms. The van der Waals surface area contributed by atoms with Crippen molar-refractivity contribution in [1.29, 1.82) is 0 Å². The van der Waals surface area contributed by atoms with Crippen LogP contribution in [0.15, 0.2) is 12.1 Å². The van der Waals surface area contributed by atoms with Crippen molar-refractivity contribution in [3.63, 3.8) is 0 Å². The van der Waals surface area contributed by atoms with E-state index in [-0.39, 0.29) is 11.6 Å². The molecular weight excluding hydrogens is 250 g/mol. The highest BCUT2D eigenvalue weighted by Crippen LogP contribution is 2.20. The van der Waals surface area contributed by atoms with Gasteiger partial charge in [0.1, 0.15) is 17.2 Å². The number of aromatic amines is 1. The smallest absolute Gasteiger partial charge is 0.153 e. The van der Waals surface area contributed by atoms with Gasteiger partial charge in [0.05, 0.1) is 11.6 Å². The number of ether oxygens (including phenoxy) is 1. The van der Waals surface area contributed by atoms with Gasteiger partial charge in [-0.3, -0.25) is 0 Å². The Balaban J connectivity index is 1.72. The standard InChI is InChI=1S/C14H16F2N2O/c15-9-7-11(16)14-12(8-9)17-13(18-14)5-4-10-3-1-2-6-19-10/h7-8,10H,1-6H2,(H,17,18). The molecule has 102 valence electrons. The van der Waals surface area contributed by atoms with E-state index >= 15 is 0 Å². The van der Waals surface area contributed by atoms with Crippen molar-refractivity contribution >= 4 is 11.0 Å². The van der Waals surface area contributed by atoms with Crippen molar-refractivity contribution < 1.29 is 13.5 Å². The Morgan fingerprint density at radius 3 is 3.00 bits per heavy atom. The SMILES string of the molecule is Fc1cc(F)c2nc(CCC3CCCCO3)[nH]c2c1. The van der Waals surface area contributed by atoms with Crippen LogP contribution < -0.4 is 0 Å². The molecule has 1 N–H and O–H groups in total. The molecule has 0 aliphatic carbocycles. The van der Waals surface area contributed by atoms with Gasteiger partial charge in [-0.1, -0.05) is 0 Å². The van der Waals surface area contributed by atoms with Gasteiger partial charge < -0.3 is 9.72 Å². The fourth-order valence-electron chi connectivity index (χ4n) is 2.54. The van der Waals surface area contributed by atoms with Crippen molar-refractivity contribution in [3.05, 3.63) is 29.6 Å². The lowest BCUT2D eigenvalue weighted by Crippen LogP contribution is -2.19. The number of rotatable bonds is 3. The van der Waals surface area contributed by atoms with Gasteiger partial charge in [-0.15, -0.1) is 0 Å². The number of aromatic nitrogens is 2. The number of halogens is 2. The van der Waals surface area contributed by atoms with Gasteiger partial charge >= 0.3 is 0 Å². The molecule has 1 aromatic carbocycles. The predicted octanol–water partition coefficient (Wildman–Crippen LogP) is 3.34. The third-order valence-corrected chi connectivity index (χ3v) is 3.53. The molecule has 1 fully saturated rings. The van der Waals surface area contributed by atoms with E-state index in [2.05, 4.69) is 9.97 Å². The van der Waals surface area contributed by atoms with E-state index in [4.69, 9.17) is 4.74 Å². The van der Waals surface area contributed by atoms with E-state index in [9.17, 15) is 8.78 Å². The van der Waals surface area contributed by atoms with Crippen LogP contribution in [0.25, 0.3) is 11.0 Å². The molecule has 1 atom stereocenters. The molecule has 1 aliphatic heterocycles. The lowest BCUT2D eigenvalue weighted by molar-refractivity contribution is 0.0112. The topological polar surface area (TPSA) is 37.9 Å². The lowest BCUT2D eigenvalue weighted by atomic mass is 10.0. The van der Waals surface area contributed by atoms with Crippen LogP contribution in [-0.2, 0) is 11.2 Å². The summed E-state index contributed by atoms with van der Waals surface area (Å²) in [6.45, 7) is 0.824. The van der Waals surface area contributed by atoms with Gasteiger partial charge in [0, 0.05) is 19.1 Å². The van der Waals surface area contributed by atoms with E-state index < -0.39 is 11.6 Å². The minimum atomic E-state index is -0.619. The molecule has 3 nitrogen and oxygen atoms in total. The van der Waals surface area contributed by atoms with E-state index in [0.29, 0.717) is 17.8 Å². The first-order valence-electron chi connectivity index (χ1n) is 6.67. The van der Waals surface area contributed by atoms with Crippen LogP contribution in [0.3, 0.4) is 0 Å². The number of nitrogens with one attached hydrogen (secondary N) is 1. The second kappa shape index (κ2) is 5.25. The number of H-pyrrole nitrogens is 1. The molecule has 5 heteroatoms. The molecule has 1 aliphatic rings. The maximum Gasteiger partial charge on any atom is 0.153 e. The molecule has 1 saturated heterocycles. The summed E-state index contributed by atoms with van der Waals surface area (Å²) in [5.41, 5.74) is 0.623. The zero-order valence-electron chi connectivity index (χ0n) is 10.6. The third-order valence-electron chi connectivity index (χ3n) is 3.53. The quantitative estimate of drug-likeness (QED) is 0.925. The van der Waals surface area contributed by atoms with Crippen molar-refractivity contribution in [1.82, 2.24) is 9.97 Å². The second-order valence-corrected chi connectivity index (χ2v) is 4.99. The highest BCUT2D eigenvalue weighted by atomic mass is 19.1. The Morgan fingerprint density at radius 2 is 2.21 bits per heavy atom. The van der Waals surface area contributed by atoms with Gasteiger partial charge in [-0.25, -0.2) is 13.8 Å². The monoisotopic (exact) mass is 266 g/mol. The van der Waals surface area contributed by atoms with E-state index in [0.717, 1.165) is 31.9 Å². The maximum atomic E-state index is 13.5. The number of hydrogen-bond acceptors (Lipinski definition) is 2. The summed E-state index contributed by atoms with van der Waals surface area (Å²) in [5.74, 6) is -0.518. The summed E-state index contributed by atoms with van der Waals surface area (Å²) in [4.78, 5) is 7.16. The van der Waals surface area contributed by atoms with E-state index in [1.165, 1.54) is 12.5 Å². The van der Waals surface area contributed by atoms with Gasteiger partial charge in [0.25, 0.3) is 0 Å². The van der Waals surface area contributed by atoms with Gasteiger partial charge in [0.2, 0.25) is 0 Å². The van der Waals surface area contributed by atoms with Crippen LogP contribution in [0.2, 0.25) is 0 Å². The van der Waals surface area contributed by atoms with Crippen molar-refractivity contribution in [2.24, 2.45) is 0 Å². The minimum Gasteiger partial charge on any atom is -0.378 e. The fourth-order valence-corrected chi connectivity index (χ4v) is 2.54. The predicted molar refractivity (Wildman–Crippen MR) is 67.9 cm³/mol. The van der Waals surface area contributed by atoms with Crippen LogP contribution in [0.5, 0.6) is 0 Å². The average Bonchev–Trinajstić information content (AvgIpc) is 2.81. The molecule has 19 heavy (non-hydrogen) atoms. The maximum absolute atomic E-state index is 13.5. The van der Waals surface area contributed by atoms with Gasteiger partial charge in [0.15, 0.2) is 5.82 Å². The Kier molecular flexibility index (Phi) is 3.46. The molecule has 0 amide bonds. The normalized spacial score (nSPS) is 20.0. The highest BCUT2D eigenvalue weighted by molar-refractivity contribution is 5.75. The summed E-state index contributed by atoms with van der Waals surface area (Å²) in [6, 6.07) is 2.13. The molecular formula is C14H16F2N2O. The number of aryl methyl sites for hydroxylation is 1. The summed E-state index contributed by atoms with van der Waals surface area (Å²) >= 11 is 0. The zero-order valence-corrected chi connectivity index (χ0v) is 10.6. The van der Waals surface area contributed by atoms with E-state index in [1.54, 1.807) is 0 Å². The Morgan fingerprint density at radius 1 is 1.32 bits per heavy atom. The molecule has 1 unspecified atom stereocenters. The first-order chi connectivity index (χ1) is 9.22. The van der Waals surface area contributed by atoms with Gasteiger partial charge in [-0.2, -0.15) is 0 Å². The largest absolute Gasteiger partial charge is 0.378 e. The number of nitrogens with zero attached hydrogens (tertiary/aromatic N) is 1. The van der Waals surface area contributed by atoms with Crippen LogP contribution in [0.4, 0.5) is 8.78 Å². The number of fused-ring (bicyclic) bond motifs is 1. The molecule has 1 aromatic heterocycles. The van der Waals surface area contributed by atoms with Crippen molar-refractivity contribution in [2.75, 3.05) is 6.61 Å². The number of hydrogen-bond donors (Lipinski definition) is 1. The van der Waals surface area contributed by atoms with Gasteiger partial charge in [-0.05, 0) is 31.7 Å². The minimum absolute atomic E-state index is 0.209. The summed E-state index contributed by atoms with van der Waals surface area (Å²) in [6.07, 6.45) is 5.23. The zero-order chi connectivity index (χ0) is 13.2. The summed E-state index contributed by atoms with van der Waals surface area (Å²) < 4.78 is 32.2. The molecule has 0 saturated carbocycles. The van der Waals surface area contributed by atoms with Crippen LogP contribution in [0, 0.1) is 11.6 Å². The molecule has 3 rings (SSSR count). The Hall–Kier alpha value is -1.49. The van der Waals surface area contributed by atoms with Crippen molar-refractivity contribution in [3.8, 4) is 0 Å². The third kappa shape index (κ3) is 2.76. The molecule has 0 radical (unpaired) electrons. The first kappa shape index (κ1) is 12.5. The first-order valence-corrected chi connectivity index (χ1v) is 6.67. The second-order valence-electron chi connectivity index (χ2n) is 4.99. The van der Waals surface area contributed by atoms with Crippen molar-refractivity contribution in [2.45, 2.75) is 38.2 Å². The Bertz CT molecular complexity index is 576. The highest BCUT2D eigenvalue weighted by Gasteiger charge is 2.15. The molecule has 2 aromatic rings.